The predicted octanol–water partition coefficient (Wildman–Crippen LogP) is 10.9. The number of rotatable bonds is 12. The highest BCUT2D eigenvalue weighted by molar-refractivity contribution is 5.28. The van der Waals surface area contributed by atoms with Gasteiger partial charge in [0.2, 0.25) is 0 Å². The first-order chi connectivity index (χ1) is 18.9. The fourth-order valence-electron chi connectivity index (χ4n) is 6.70. The second-order valence-electron chi connectivity index (χ2n) is 12.0. The standard InChI is InChI=1S/C35H47F3O/c1-3-5-6-8-27-11-15-29(16-12-27)30-19-13-28(14-20-30)24-35(37,38)39-25-33-22-21-32(23-34(33)36)31-17-9-26(7-4-2)10-18-31/h4,7,13-14,19-23,26-27,29,31H,3,5-6,8-12,15-18,24-25H2,1-2H3/b7-4+. The second-order valence-corrected chi connectivity index (χ2v) is 12.0. The van der Waals surface area contributed by atoms with Crippen LogP contribution in [-0.2, 0) is 17.8 Å². The van der Waals surface area contributed by atoms with Gasteiger partial charge < -0.3 is 4.74 Å². The lowest BCUT2D eigenvalue weighted by molar-refractivity contribution is -0.244. The van der Waals surface area contributed by atoms with Crippen molar-refractivity contribution in [1.82, 2.24) is 0 Å². The molecule has 214 valence electrons. The average Bonchev–Trinajstić information content (AvgIpc) is 2.94. The number of allylic oxidation sites excluding steroid dienone is 2. The molecule has 1 nitrogen and oxygen atoms in total. The van der Waals surface area contributed by atoms with Gasteiger partial charge in [0.1, 0.15) is 5.82 Å². The zero-order valence-electron chi connectivity index (χ0n) is 23.9. The van der Waals surface area contributed by atoms with E-state index in [0.717, 1.165) is 37.2 Å². The Morgan fingerprint density at radius 3 is 2.13 bits per heavy atom. The fraction of sp³-hybridized carbons (Fsp3) is 0.600. The Labute approximate surface area is 234 Å². The third kappa shape index (κ3) is 8.96. The summed E-state index contributed by atoms with van der Waals surface area (Å²) in [5.74, 6) is 1.88. The van der Waals surface area contributed by atoms with Crippen LogP contribution in [0.15, 0.2) is 54.6 Å². The highest BCUT2D eigenvalue weighted by atomic mass is 19.3. The Morgan fingerprint density at radius 2 is 1.49 bits per heavy atom. The van der Waals surface area contributed by atoms with Crippen LogP contribution < -0.4 is 0 Å². The second kappa shape index (κ2) is 14.5. The van der Waals surface area contributed by atoms with Gasteiger partial charge in [-0.15, -0.1) is 0 Å². The first kappa shape index (κ1) is 29.9. The molecule has 2 aromatic rings. The maximum Gasteiger partial charge on any atom is 0.360 e. The first-order valence-corrected chi connectivity index (χ1v) is 15.4. The Morgan fingerprint density at radius 1 is 0.846 bits per heavy atom. The van der Waals surface area contributed by atoms with E-state index in [1.807, 2.05) is 25.1 Å². The van der Waals surface area contributed by atoms with E-state index >= 15 is 0 Å². The number of alkyl halides is 2. The molecule has 0 spiro atoms. The lowest BCUT2D eigenvalue weighted by atomic mass is 9.77. The Kier molecular flexibility index (Phi) is 11.1. The summed E-state index contributed by atoms with van der Waals surface area (Å²) in [6, 6.07) is 12.7. The van der Waals surface area contributed by atoms with Gasteiger partial charge in [-0.2, -0.15) is 8.78 Å². The third-order valence-corrected chi connectivity index (χ3v) is 9.15. The highest BCUT2D eigenvalue weighted by Crippen LogP contribution is 2.39. The summed E-state index contributed by atoms with van der Waals surface area (Å²) in [6.45, 7) is 3.86. The molecule has 2 aliphatic carbocycles. The molecule has 2 fully saturated rings. The predicted molar refractivity (Wildman–Crippen MR) is 155 cm³/mol. The molecular weight excluding hydrogens is 493 g/mol. The van der Waals surface area contributed by atoms with Crippen molar-refractivity contribution in [3.05, 3.63) is 82.7 Å². The van der Waals surface area contributed by atoms with Crippen LogP contribution in [0.4, 0.5) is 13.2 Å². The van der Waals surface area contributed by atoms with Gasteiger partial charge in [0.05, 0.1) is 13.0 Å². The molecule has 2 aliphatic rings. The number of benzene rings is 2. The van der Waals surface area contributed by atoms with E-state index in [1.165, 1.54) is 63.0 Å². The van der Waals surface area contributed by atoms with Gasteiger partial charge in [-0.3, -0.25) is 0 Å². The lowest BCUT2D eigenvalue weighted by Crippen LogP contribution is -2.24. The molecule has 0 unspecified atom stereocenters. The number of ether oxygens (including phenoxy) is 1. The molecule has 4 heteroatoms. The van der Waals surface area contributed by atoms with E-state index in [-0.39, 0.29) is 5.56 Å². The topological polar surface area (TPSA) is 9.23 Å². The smallest absolute Gasteiger partial charge is 0.315 e. The van der Waals surface area contributed by atoms with Crippen LogP contribution in [0, 0.1) is 17.7 Å². The molecule has 2 aromatic carbocycles. The molecule has 0 radical (unpaired) electrons. The summed E-state index contributed by atoms with van der Waals surface area (Å²) >= 11 is 0. The molecule has 0 heterocycles. The maximum absolute atomic E-state index is 14.8. The SMILES string of the molecule is C/C=C/C1CCC(c2ccc(COC(F)(F)Cc3ccc(C4CCC(CCCCC)CC4)cc3)c(F)c2)CC1. The Hall–Kier alpha value is -2.07. The van der Waals surface area contributed by atoms with Crippen LogP contribution in [0.25, 0.3) is 0 Å². The van der Waals surface area contributed by atoms with Crippen molar-refractivity contribution in [1.29, 1.82) is 0 Å². The molecule has 0 saturated heterocycles. The molecule has 4 rings (SSSR count). The van der Waals surface area contributed by atoms with Gasteiger partial charge in [0.15, 0.2) is 0 Å². The van der Waals surface area contributed by atoms with Crippen LogP contribution in [0.2, 0.25) is 0 Å². The molecule has 0 N–H and O–H groups in total. The number of halogens is 3. The van der Waals surface area contributed by atoms with Crippen LogP contribution in [0.3, 0.4) is 0 Å². The van der Waals surface area contributed by atoms with Gasteiger partial charge in [-0.25, -0.2) is 4.39 Å². The monoisotopic (exact) mass is 540 g/mol. The van der Waals surface area contributed by atoms with Crippen molar-refractivity contribution in [2.45, 2.75) is 122 Å². The zero-order chi connectivity index (χ0) is 27.7. The van der Waals surface area contributed by atoms with E-state index in [4.69, 9.17) is 4.74 Å². The average molecular weight is 541 g/mol. The zero-order valence-corrected chi connectivity index (χ0v) is 23.9. The molecule has 39 heavy (non-hydrogen) atoms. The van der Waals surface area contributed by atoms with Crippen molar-refractivity contribution in [3.63, 3.8) is 0 Å². The van der Waals surface area contributed by atoms with Crippen LogP contribution >= 0.6 is 0 Å². The van der Waals surface area contributed by atoms with Crippen molar-refractivity contribution < 1.29 is 17.9 Å². The van der Waals surface area contributed by atoms with Crippen molar-refractivity contribution >= 4 is 0 Å². The Balaban J connectivity index is 1.24. The largest absolute Gasteiger partial charge is 0.360 e. The van der Waals surface area contributed by atoms with Gasteiger partial charge in [-0.1, -0.05) is 81.2 Å². The highest BCUT2D eigenvalue weighted by Gasteiger charge is 2.31. The molecule has 0 amide bonds. The summed E-state index contributed by atoms with van der Waals surface area (Å²) in [5, 5.41) is 0. The fourth-order valence-corrected chi connectivity index (χ4v) is 6.70. The number of hydrogen-bond acceptors (Lipinski definition) is 1. The molecular formula is C35H47F3O. The van der Waals surface area contributed by atoms with Crippen LogP contribution in [0.1, 0.15) is 125 Å². The number of hydrogen-bond donors (Lipinski definition) is 0. The summed E-state index contributed by atoms with van der Waals surface area (Å²) in [6.07, 6.45) is 15.0. The van der Waals surface area contributed by atoms with Gasteiger partial charge >= 0.3 is 6.11 Å². The molecule has 0 aliphatic heterocycles. The van der Waals surface area contributed by atoms with Gasteiger partial charge in [-0.05, 0) is 105 Å². The minimum atomic E-state index is -3.35. The third-order valence-electron chi connectivity index (χ3n) is 9.15. The van der Waals surface area contributed by atoms with E-state index in [9.17, 15) is 13.2 Å². The van der Waals surface area contributed by atoms with E-state index in [0.29, 0.717) is 23.3 Å². The van der Waals surface area contributed by atoms with Crippen LogP contribution in [0.5, 0.6) is 0 Å². The van der Waals surface area contributed by atoms with E-state index in [1.54, 1.807) is 18.2 Å². The summed E-state index contributed by atoms with van der Waals surface area (Å²) in [5.41, 5.74) is 2.95. The maximum atomic E-state index is 14.8. The first-order valence-electron chi connectivity index (χ1n) is 15.4. The lowest BCUT2D eigenvalue weighted by Gasteiger charge is -2.29. The summed E-state index contributed by atoms with van der Waals surface area (Å²) in [4.78, 5) is 0. The summed E-state index contributed by atoms with van der Waals surface area (Å²) < 4.78 is 49.1. The van der Waals surface area contributed by atoms with Crippen molar-refractivity contribution in [2.24, 2.45) is 11.8 Å². The molecule has 0 bridgehead atoms. The van der Waals surface area contributed by atoms with Crippen LogP contribution in [-0.4, -0.2) is 6.11 Å². The molecule has 2 saturated carbocycles. The quantitative estimate of drug-likeness (QED) is 0.192. The summed E-state index contributed by atoms with van der Waals surface area (Å²) in [7, 11) is 0. The minimum Gasteiger partial charge on any atom is -0.315 e. The van der Waals surface area contributed by atoms with E-state index < -0.39 is 25.0 Å². The minimum absolute atomic E-state index is 0.182. The molecule has 0 aromatic heterocycles. The Bertz CT molecular complexity index is 1030. The van der Waals surface area contributed by atoms with Crippen molar-refractivity contribution in [3.8, 4) is 0 Å². The van der Waals surface area contributed by atoms with E-state index in [2.05, 4.69) is 19.1 Å². The van der Waals surface area contributed by atoms with Gasteiger partial charge in [0, 0.05) is 5.56 Å². The van der Waals surface area contributed by atoms with Gasteiger partial charge in [0.25, 0.3) is 0 Å². The molecule has 0 atom stereocenters. The normalized spacial score (nSPS) is 24.3. The van der Waals surface area contributed by atoms with Crippen molar-refractivity contribution in [2.75, 3.05) is 0 Å². The number of unbranched alkanes of at least 4 members (excludes halogenated alkanes) is 2.